The van der Waals surface area contributed by atoms with E-state index < -0.39 is 11.4 Å². The van der Waals surface area contributed by atoms with Crippen LogP contribution < -0.4 is 5.32 Å². The van der Waals surface area contributed by atoms with Gasteiger partial charge in [-0.1, -0.05) is 12.8 Å². The van der Waals surface area contributed by atoms with Crippen molar-refractivity contribution in [2.45, 2.75) is 50.9 Å². The quantitative estimate of drug-likeness (QED) is 0.875. The molecule has 108 valence electrons. The number of carboxylic acids is 1. The van der Waals surface area contributed by atoms with Crippen LogP contribution in [0.15, 0.2) is 5.38 Å². The Hall–Kier alpha value is -1.43. The first-order chi connectivity index (χ1) is 9.59. The Morgan fingerprint density at radius 2 is 2.10 bits per heavy atom. The molecule has 0 spiro atoms. The summed E-state index contributed by atoms with van der Waals surface area (Å²) in [5, 5.41) is 14.7. The average Bonchev–Trinajstić information content (AvgIpc) is 2.96. The molecule has 1 amide bonds. The molecule has 1 heterocycles. The van der Waals surface area contributed by atoms with E-state index in [-0.39, 0.29) is 12.3 Å². The van der Waals surface area contributed by atoms with Crippen LogP contribution in [0.3, 0.4) is 0 Å². The number of aliphatic carboxylic acids is 1. The highest BCUT2D eigenvalue weighted by Gasteiger charge is 2.43. The molecule has 0 radical (unpaired) electrons. The number of thiazole rings is 1. The minimum Gasteiger partial charge on any atom is -0.481 e. The van der Waals surface area contributed by atoms with Crippen LogP contribution in [0.5, 0.6) is 0 Å². The summed E-state index contributed by atoms with van der Waals surface area (Å²) in [7, 11) is 0. The largest absolute Gasteiger partial charge is 0.481 e. The Labute approximate surface area is 121 Å². The topological polar surface area (TPSA) is 79.3 Å². The molecular weight excluding hydrogens is 276 g/mol. The van der Waals surface area contributed by atoms with Crippen molar-refractivity contribution in [3.63, 3.8) is 0 Å². The molecule has 6 heteroatoms. The second-order valence-corrected chi connectivity index (χ2v) is 6.73. The van der Waals surface area contributed by atoms with Gasteiger partial charge in [-0.3, -0.25) is 9.59 Å². The first-order valence-electron chi connectivity index (χ1n) is 7.08. The second kappa shape index (κ2) is 5.16. The van der Waals surface area contributed by atoms with E-state index in [2.05, 4.69) is 10.3 Å². The number of rotatable bonds is 5. The normalized spacial score (nSPS) is 20.8. The Balaban J connectivity index is 1.61. The standard InChI is InChI=1S/C14H18N2O3S/c17-11(7-14(12(18)19)5-1-2-6-14)16-13-15-10(8-20-13)9-3-4-9/h8-9H,1-7H2,(H,18,19)(H,15,16,17). The van der Waals surface area contributed by atoms with Gasteiger partial charge in [0.1, 0.15) is 0 Å². The lowest BCUT2D eigenvalue weighted by Crippen LogP contribution is -2.32. The van der Waals surface area contributed by atoms with Crippen LogP contribution in [0.2, 0.25) is 0 Å². The molecule has 0 atom stereocenters. The molecule has 20 heavy (non-hydrogen) atoms. The van der Waals surface area contributed by atoms with Gasteiger partial charge in [0.25, 0.3) is 0 Å². The van der Waals surface area contributed by atoms with Gasteiger partial charge >= 0.3 is 5.97 Å². The number of nitrogens with zero attached hydrogens (tertiary/aromatic N) is 1. The van der Waals surface area contributed by atoms with Gasteiger partial charge in [-0.2, -0.15) is 0 Å². The number of hydrogen-bond acceptors (Lipinski definition) is 4. The molecular formula is C14H18N2O3S. The summed E-state index contributed by atoms with van der Waals surface area (Å²) < 4.78 is 0. The van der Waals surface area contributed by atoms with Crippen molar-refractivity contribution in [2.24, 2.45) is 5.41 Å². The maximum absolute atomic E-state index is 12.1. The van der Waals surface area contributed by atoms with Gasteiger partial charge in [-0.05, 0) is 25.7 Å². The molecule has 0 aromatic carbocycles. The van der Waals surface area contributed by atoms with E-state index in [0.717, 1.165) is 18.5 Å². The lowest BCUT2D eigenvalue weighted by Gasteiger charge is -2.22. The molecule has 0 saturated heterocycles. The molecule has 1 aromatic rings. The first kappa shape index (κ1) is 13.5. The summed E-state index contributed by atoms with van der Waals surface area (Å²) in [5.41, 5.74) is 0.194. The summed E-state index contributed by atoms with van der Waals surface area (Å²) >= 11 is 1.42. The number of carboxylic acid groups (broad SMARTS) is 1. The van der Waals surface area contributed by atoms with Crippen molar-refractivity contribution in [3.05, 3.63) is 11.1 Å². The Bertz CT molecular complexity index is 530. The highest BCUT2D eigenvalue weighted by atomic mass is 32.1. The number of hydrogen-bond donors (Lipinski definition) is 2. The molecule has 5 nitrogen and oxygen atoms in total. The maximum Gasteiger partial charge on any atom is 0.310 e. The highest BCUT2D eigenvalue weighted by molar-refractivity contribution is 7.13. The van der Waals surface area contributed by atoms with Crippen LogP contribution in [0, 0.1) is 5.41 Å². The van der Waals surface area contributed by atoms with E-state index in [4.69, 9.17) is 0 Å². The Morgan fingerprint density at radius 1 is 1.40 bits per heavy atom. The maximum atomic E-state index is 12.1. The van der Waals surface area contributed by atoms with Crippen LogP contribution in [0.25, 0.3) is 0 Å². The smallest absolute Gasteiger partial charge is 0.310 e. The van der Waals surface area contributed by atoms with Crippen molar-refractivity contribution in [1.29, 1.82) is 0 Å². The van der Waals surface area contributed by atoms with Crippen molar-refractivity contribution < 1.29 is 14.7 Å². The number of carbonyl (C=O) groups is 2. The van der Waals surface area contributed by atoms with Crippen LogP contribution in [-0.4, -0.2) is 22.0 Å². The number of anilines is 1. The number of aromatic nitrogens is 1. The summed E-state index contributed by atoms with van der Waals surface area (Å²) in [6.45, 7) is 0. The molecule has 0 aliphatic heterocycles. The summed E-state index contributed by atoms with van der Waals surface area (Å²) in [4.78, 5) is 27.9. The lowest BCUT2D eigenvalue weighted by molar-refractivity contribution is -0.150. The Morgan fingerprint density at radius 3 is 2.70 bits per heavy atom. The van der Waals surface area contributed by atoms with E-state index in [1.54, 1.807) is 0 Å². The number of nitrogens with one attached hydrogen (secondary N) is 1. The molecule has 1 aromatic heterocycles. The van der Waals surface area contributed by atoms with Crippen LogP contribution in [0.1, 0.15) is 56.6 Å². The van der Waals surface area contributed by atoms with Crippen molar-refractivity contribution in [3.8, 4) is 0 Å². The number of amides is 1. The monoisotopic (exact) mass is 294 g/mol. The van der Waals surface area contributed by atoms with Gasteiger partial charge in [0.2, 0.25) is 5.91 Å². The van der Waals surface area contributed by atoms with E-state index in [1.807, 2.05) is 5.38 Å². The molecule has 2 aliphatic carbocycles. The SMILES string of the molecule is O=C(CC1(C(=O)O)CCCC1)Nc1nc(C2CC2)cs1. The predicted molar refractivity (Wildman–Crippen MR) is 75.9 cm³/mol. The summed E-state index contributed by atoms with van der Waals surface area (Å²) in [6, 6.07) is 0. The molecule has 0 bridgehead atoms. The third-order valence-electron chi connectivity index (χ3n) is 4.28. The molecule has 2 N–H and O–H groups in total. The van der Waals surface area contributed by atoms with Crippen molar-refractivity contribution >= 4 is 28.3 Å². The van der Waals surface area contributed by atoms with Crippen molar-refractivity contribution in [1.82, 2.24) is 4.98 Å². The second-order valence-electron chi connectivity index (χ2n) is 5.87. The summed E-state index contributed by atoms with van der Waals surface area (Å²) in [5.74, 6) is -0.508. The molecule has 2 aliphatic rings. The van der Waals surface area contributed by atoms with Gasteiger partial charge in [-0.25, -0.2) is 4.98 Å². The van der Waals surface area contributed by atoms with Crippen molar-refractivity contribution in [2.75, 3.05) is 5.32 Å². The van der Waals surface area contributed by atoms with Crippen LogP contribution in [0.4, 0.5) is 5.13 Å². The zero-order valence-corrected chi connectivity index (χ0v) is 12.0. The van der Waals surface area contributed by atoms with E-state index in [1.165, 1.54) is 24.2 Å². The average molecular weight is 294 g/mol. The summed E-state index contributed by atoms with van der Waals surface area (Å²) in [6.07, 6.45) is 5.40. The van der Waals surface area contributed by atoms with E-state index in [9.17, 15) is 14.7 Å². The zero-order chi connectivity index (χ0) is 14.2. The van der Waals surface area contributed by atoms with Crippen LogP contribution >= 0.6 is 11.3 Å². The fourth-order valence-corrected chi connectivity index (χ4v) is 3.71. The zero-order valence-electron chi connectivity index (χ0n) is 11.2. The molecule has 0 unspecified atom stereocenters. The van der Waals surface area contributed by atoms with Gasteiger partial charge in [0, 0.05) is 17.7 Å². The van der Waals surface area contributed by atoms with Gasteiger partial charge < -0.3 is 10.4 Å². The van der Waals surface area contributed by atoms with Gasteiger partial charge in [0.05, 0.1) is 11.1 Å². The third-order valence-corrected chi connectivity index (χ3v) is 5.05. The fourth-order valence-electron chi connectivity index (χ4n) is 2.90. The van der Waals surface area contributed by atoms with Gasteiger partial charge in [0.15, 0.2) is 5.13 Å². The lowest BCUT2D eigenvalue weighted by atomic mass is 9.82. The van der Waals surface area contributed by atoms with Crippen LogP contribution in [-0.2, 0) is 9.59 Å². The Kier molecular flexibility index (Phi) is 3.50. The molecule has 3 rings (SSSR count). The van der Waals surface area contributed by atoms with Gasteiger partial charge in [-0.15, -0.1) is 11.3 Å². The first-order valence-corrected chi connectivity index (χ1v) is 7.96. The predicted octanol–water partition coefficient (Wildman–Crippen LogP) is 2.99. The van der Waals surface area contributed by atoms with E-state index >= 15 is 0 Å². The highest BCUT2D eigenvalue weighted by Crippen LogP contribution is 2.42. The fraction of sp³-hybridized carbons (Fsp3) is 0.643. The molecule has 2 saturated carbocycles. The molecule has 2 fully saturated rings. The van der Waals surface area contributed by atoms with E-state index in [0.29, 0.717) is 23.9 Å². The number of carbonyl (C=O) groups excluding carboxylic acids is 1. The minimum absolute atomic E-state index is 0.0562. The minimum atomic E-state index is -0.860. The third kappa shape index (κ3) is 2.70.